The number of rotatable bonds is 4. The van der Waals surface area contributed by atoms with Crippen molar-refractivity contribution >= 4 is 23.5 Å². The van der Waals surface area contributed by atoms with Gasteiger partial charge in [0.1, 0.15) is 5.54 Å². The lowest BCUT2D eigenvalue weighted by Crippen LogP contribution is -2.54. The Morgan fingerprint density at radius 2 is 1.59 bits per heavy atom. The normalized spacial score (nSPS) is 28.7. The summed E-state index contributed by atoms with van der Waals surface area (Å²) in [6.45, 7) is 5.19. The van der Waals surface area contributed by atoms with Crippen molar-refractivity contribution < 1.29 is 19.1 Å². The second-order valence-corrected chi connectivity index (χ2v) is 8.04. The number of benzene rings is 2. The number of hydrogen-bond donors (Lipinski definition) is 1. The van der Waals surface area contributed by atoms with Crippen LogP contribution in [-0.4, -0.2) is 29.4 Å². The first-order chi connectivity index (χ1) is 13.8. The van der Waals surface area contributed by atoms with Crippen molar-refractivity contribution in [3.8, 4) is 0 Å². The lowest BCUT2D eigenvalue weighted by Gasteiger charge is -2.30. The molecule has 4 atom stereocenters. The molecule has 2 heterocycles. The van der Waals surface area contributed by atoms with Crippen molar-refractivity contribution in [1.29, 1.82) is 0 Å². The lowest BCUT2D eigenvalue weighted by molar-refractivity contribution is -0.157. The summed E-state index contributed by atoms with van der Waals surface area (Å²) in [6, 6.07) is 17.8. The van der Waals surface area contributed by atoms with Gasteiger partial charge in [-0.05, 0) is 38.5 Å². The summed E-state index contributed by atoms with van der Waals surface area (Å²) in [7, 11) is 0. The molecule has 0 bridgehead atoms. The van der Waals surface area contributed by atoms with Gasteiger partial charge in [0.05, 0.1) is 23.6 Å². The molecule has 2 saturated heterocycles. The first-order valence-electron chi connectivity index (χ1n) is 9.81. The van der Waals surface area contributed by atoms with Crippen LogP contribution in [-0.2, 0) is 19.1 Å². The molecular formula is C23H24N2O4. The smallest absolute Gasteiger partial charge is 0.327 e. The highest BCUT2D eigenvalue weighted by Gasteiger charge is 2.67. The van der Waals surface area contributed by atoms with Crippen LogP contribution in [0.5, 0.6) is 0 Å². The fraction of sp³-hybridized carbons (Fsp3) is 0.348. The van der Waals surface area contributed by atoms with E-state index in [-0.39, 0.29) is 17.9 Å². The number of esters is 1. The van der Waals surface area contributed by atoms with E-state index >= 15 is 0 Å². The molecule has 2 aromatic carbocycles. The minimum atomic E-state index is -1.30. The molecule has 0 unspecified atom stereocenters. The van der Waals surface area contributed by atoms with Crippen LogP contribution in [0.3, 0.4) is 0 Å². The Bertz CT molecular complexity index is 944. The molecule has 2 amide bonds. The molecule has 4 rings (SSSR count). The summed E-state index contributed by atoms with van der Waals surface area (Å²) >= 11 is 0. The van der Waals surface area contributed by atoms with E-state index in [9.17, 15) is 14.4 Å². The Balaban J connectivity index is 1.80. The number of imide groups is 1. The molecule has 1 N–H and O–H groups in total. The summed E-state index contributed by atoms with van der Waals surface area (Å²) in [6.07, 6.45) is -0.326. The number of carbonyl (C=O) groups excluding carboxylic acids is 3. The van der Waals surface area contributed by atoms with E-state index in [0.29, 0.717) is 5.69 Å². The number of nitrogens with one attached hydrogen (secondary N) is 1. The van der Waals surface area contributed by atoms with Crippen LogP contribution in [0, 0.1) is 11.8 Å². The van der Waals surface area contributed by atoms with Gasteiger partial charge in [-0.2, -0.15) is 0 Å². The highest BCUT2D eigenvalue weighted by molar-refractivity contribution is 6.24. The van der Waals surface area contributed by atoms with Crippen LogP contribution in [0.4, 0.5) is 5.69 Å². The van der Waals surface area contributed by atoms with E-state index in [1.54, 1.807) is 45.0 Å². The molecule has 2 aliphatic rings. The van der Waals surface area contributed by atoms with Crippen molar-refractivity contribution in [3.63, 3.8) is 0 Å². The average Bonchev–Trinajstić information content (AvgIpc) is 3.17. The lowest BCUT2D eigenvalue weighted by atomic mass is 9.80. The summed E-state index contributed by atoms with van der Waals surface area (Å²) in [4.78, 5) is 41.1. The predicted octanol–water partition coefficient (Wildman–Crippen LogP) is 2.85. The standard InChI is InChI=1S/C23H24N2O4/c1-14(2)29-22(28)23(3)18-17(19(24-23)15-10-6-4-7-11-15)20(26)25(21(18)27)16-12-8-5-9-13-16/h4-14,17-19,24H,1-3H3/t17-,18-,19-,23-/m0/s1. The van der Waals surface area contributed by atoms with Gasteiger partial charge in [-0.25, -0.2) is 4.90 Å². The van der Waals surface area contributed by atoms with Gasteiger partial charge < -0.3 is 4.74 Å². The Morgan fingerprint density at radius 1 is 1.00 bits per heavy atom. The zero-order valence-electron chi connectivity index (χ0n) is 16.7. The van der Waals surface area contributed by atoms with E-state index in [2.05, 4.69) is 5.32 Å². The Hall–Kier alpha value is -2.99. The number of amides is 2. The van der Waals surface area contributed by atoms with E-state index in [1.165, 1.54) is 4.90 Å². The van der Waals surface area contributed by atoms with Gasteiger partial charge in [0.15, 0.2) is 0 Å². The van der Waals surface area contributed by atoms with Gasteiger partial charge in [-0.1, -0.05) is 48.5 Å². The summed E-state index contributed by atoms with van der Waals surface area (Å²) in [5.74, 6) is -2.72. The molecule has 0 saturated carbocycles. The summed E-state index contributed by atoms with van der Waals surface area (Å²) in [5, 5.41) is 3.28. The number of fused-ring (bicyclic) bond motifs is 1. The van der Waals surface area contributed by atoms with Crippen molar-refractivity contribution in [3.05, 3.63) is 66.2 Å². The zero-order valence-corrected chi connectivity index (χ0v) is 16.7. The topological polar surface area (TPSA) is 75.7 Å². The van der Waals surface area contributed by atoms with Crippen LogP contribution in [0.2, 0.25) is 0 Å². The van der Waals surface area contributed by atoms with Crippen molar-refractivity contribution in [2.45, 2.75) is 38.5 Å². The molecule has 6 nitrogen and oxygen atoms in total. The maximum Gasteiger partial charge on any atom is 0.327 e. The number of anilines is 1. The zero-order chi connectivity index (χ0) is 20.8. The quantitative estimate of drug-likeness (QED) is 0.640. The average molecular weight is 392 g/mol. The fourth-order valence-electron chi connectivity index (χ4n) is 4.44. The van der Waals surface area contributed by atoms with Gasteiger partial charge >= 0.3 is 5.97 Å². The summed E-state index contributed by atoms with van der Waals surface area (Å²) < 4.78 is 5.47. The van der Waals surface area contributed by atoms with Crippen LogP contribution in [0.25, 0.3) is 0 Å². The number of nitrogens with zero attached hydrogens (tertiary/aromatic N) is 1. The van der Waals surface area contributed by atoms with Gasteiger partial charge in [0.2, 0.25) is 11.8 Å². The molecule has 150 valence electrons. The first kappa shape index (κ1) is 19.3. The first-order valence-corrected chi connectivity index (χ1v) is 9.81. The van der Waals surface area contributed by atoms with Crippen LogP contribution in [0.1, 0.15) is 32.4 Å². The molecule has 2 aliphatic heterocycles. The molecule has 0 radical (unpaired) electrons. The van der Waals surface area contributed by atoms with Crippen LogP contribution < -0.4 is 10.2 Å². The van der Waals surface area contributed by atoms with E-state index in [1.807, 2.05) is 36.4 Å². The maximum atomic E-state index is 13.4. The minimum absolute atomic E-state index is 0.298. The number of para-hydroxylation sites is 1. The Kier molecular flexibility index (Phi) is 4.74. The molecule has 2 aromatic rings. The fourth-order valence-corrected chi connectivity index (χ4v) is 4.44. The number of carbonyl (C=O) groups is 3. The van der Waals surface area contributed by atoms with Gasteiger partial charge in [-0.15, -0.1) is 0 Å². The molecule has 6 heteroatoms. The highest BCUT2D eigenvalue weighted by atomic mass is 16.5. The highest BCUT2D eigenvalue weighted by Crippen LogP contribution is 2.49. The second-order valence-electron chi connectivity index (χ2n) is 8.04. The van der Waals surface area contributed by atoms with Crippen LogP contribution >= 0.6 is 0 Å². The second kappa shape index (κ2) is 7.12. The molecule has 0 aliphatic carbocycles. The third-order valence-electron chi connectivity index (χ3n) is 5.73. The maximum absolute atomic E-state index is 13.4. The van der Waals surface area contributed by atoms with Crippen molar-refractivity contribution in [2.75, 3.05) is 4.90 Å². The Morgan fingerprint density at radius 3 is 2.17 bits per heavy atom. The van der Waals surface area contributed by atoms with Gasteiger partial charge in [0.25, 0.3) is 0 Å². The molecule has 29 heavy (non-hydrogen) atoms. The van der Waals surface area contributed by atoms with E-state index in [0.717, 1.165) is 5.56 Å². The SMILES string of the molecule is CC(C)OC(=O)[C@@]1(C)N[C@@H](c2ccccc2)[C@H]2C(=O)N(c3ccccc3)C(=O)[C@H]21. The monoisotopic (exact) mass is 392 g/mol. The van der Waals surface area contributed by atoms with Crippen molar-refractivity contribution in [1.82, 2.24) is 5.32 Å². The third-order valence-corrected chi connectivity index (χ3v) is 5.73. The number of hydrogen-bond acceptors (Lipinski definition) is 5. The van der Waals surface area contributed by atoms with Crippen LogP contribution in [0.15, 0.2) is 60.7 Å². The van der Waals surface area contributed by atoms with Gasteiger partial charge in [0, 0.05) is 6.04 Å². The van der Waals surface area contributed by atoms with E-state index < -0.39 is 29.4 Å². The minimum Gasteiger partial charge on any atom is -0.462 e. The largest absolute Gasteiger partial charge is 0.462 e. The van der Waals surface area contributed by atoms with E-state index in [4.69, 9.17) is 4.74 Å². The molecular weight excluding hydrogens is 368 g/mol. The predicted molar refractivity (Wildman–Crippen MR) is 108 cm³/mol. The molecule has 0 aromatic heterocycles. The Labute approximate surface area is 169 Å². The number of ether oxygens (including phenoxy) is 1. The van der Waals surface area contributed by atoms with Gasteiger partial charge in [-0.3, -0.25) is 19.7 Å². The molecule has 2 fully saturated rings. The summed E-state index contributed by atoms with van der Waals surface area (Å²) in [5.41, 5.74) is 0.0778. The molecule has 0 spiro atoms. The van der Waals surface area contributed by atoms with Crippen molar-refractivity contribution in [2.24, 2.45) is 11.8 Å². The third kappa shape index (κ3) is 3.04.